The molecule has 14 heavy (non-hydrogen) atoms. The van der Waals surface area contributed by atoms with Crippen LogP contribution in [0, 0.1) is 0 Å². The Labute approximate surface area is 91.9 Å². The molecule has 76 valence electrons. The first-order valence-electron chi connectivity index (χ1n) is 4.33. The largest absolute Gasteiger partial charge is 0.417 e. The highest BCUT2D eigenvalue weighted by atomic mass is 79.9. The van der Waals surface area contributed by atoms with Gasteiger partial charge in [0.2, 0.25) is 0 Å². The summed E-state index contributed by atoms with van der Waals surface area (Å²) >= 11 is 2.86. The number of rotatable bonds is 3. The van der Waals surface area contributed by atoms with E-state index in [0.717, 1.165) is 0 Å². The predicted molar refractivity (Wildman–Crippen MR) is 58.6 cm³/mol. The van der Waals surface area contributed by atoms with Crippen LogP contribution in [0.25, 0.3) is 0 Å². The van der Waals surface area contributed by atoms with Crippen molar-refractivity contribution in [3.05, 3.63) is 29.8 Å². The molecule has 0 saturated carbocycles. The van der Waals surface area contributed by atoms with Crippen LogP contribution in [0.5, 0.6) is 5.75 Å². The molecule has 0 aliphatic rings. The Morgan fingerprint density at radius 2 is 2.07 bits per heavy atom. The zero-order chi connectivity index (χ0) is 10.6. The van der Waals surface area contributed by atoms with E-state index in [1.165, 1.54) is 0 Å². The van der Waals surface area contributed by atoms with Crippen LogP contribution in [-0.4, -0.2) is 11.9 Å². The molecule has 1 N–H and O–H groups in total. The van der Waals surface area contributed by atoms with Gasteiger partial charge in [-0.25, -0.2) is 0 Å². The molecule has 0 aromatic heterocycles. The second kappa shape index (κ2) is 5.00. The zero-order valence-electron chi connectivity index (χ0n) is 8.08. The van der Waals surface area contributed by atoms with Crippen LogP contribution < -0.4 is 9.15 Å². The fraction of sp³-hybridized carbons (Fsp3) is 0.300. The monoisotopic (exact) mass is 257 g/mol. The summed E-state index contributed by atoms with van der Waals surface area (Å²) in [5, 5.41) is 2.79. The molecule has 0 aliphatic heterocycles. The van der Waals surface area contributed by atoms with E-state index in [1.54, 1.807) is 18.2 Å². The highest BCUT2D eigenvalue weighted by Crippen LogP contribution is 2.19. The minimum absolute atomic E-state index is 0.117. The SMILES string of the molecule is CC(C)NC(=O)c1ccccc1OBr. The molecular weight excluding hydrogens is 246 g/mol. The molecule has 0 atom stereocenters. The lowest BCUT2D eigenvalue weighted by atomic mass is 10.2. The van der Waals surface area contributed by atoms with E-state index in [1.807, 2.05) is 19.9 Å². The van der Waals surface area contributed by atoms with E-state index >= 15 is 0 Å². The Hall–Kier alpha value is -1.03. The van der Waals surface area contributed by atoms with Crippen molar-refractivity contribution < 1.29 is 8.62 Å². The number of hydrogen-bond donors (Lipinski definition) is 1. The summed E-state index contributed by atoms with van der Waals surface area (Å²) in [5.74, 6) is 0.390. The van der Waals surface area contributed by atoms with Gasteiger partial charge in [0.15, 0.2) is 16.3 Å². The second-order valence-electron chi connectivity index (χ2n) is 3.20. The maximum atomic E-state index is 11.6. The second-order valence-corrected chi connectivity index (χ2v) is 3.53. The normalized spacial score (nSPS) is 10.0. The topological polar surface area (TPSA) is 38.3 Å². The van der Waals surface area contributed by atoms with Crippen LogP contribution in [-0.2, 0) is 0 Å². The van der Waals surface area contributed by atoms with Gasteiger partial charge >= 0.3 is 0 Å². The third-order valence-corrected chi connectivity index (χ3v) is 1.98. The third-order valence-electron chi connectivity index (χ3n) is 1.63. The van der Waals surface area contributed by atoms with Crippen molar-refractivity contribution in [1.29, 1.82) is 0 Å². The molecule has 0 unspecified atom stereocenters. The number of hydrogen-bond acceptors (Lipinski definition) is 2. The molecule has 1 amide bonds. The minimum atomic E-state index is -0.130. The van der Waals surface area contributed by atoms with Gasteiger partial charge in [0.1, 0.15) is 5.75 Å². The Balaban J connectivity index is 2.88. The quantitative estimate of drug-likeness (QED) is 0.904. The van der Waals surface area contributed by atoms with Crippen LogP contribution >= 0.6 is 16.3 Å². The molecule has 1 aromatic rings. The number of halogens is 1. The average Bonchev–Trinajstić information content (AvgIpc) is 2.16. The summed E-state index contributed by atoms with van der Waals surface area (Å²) < 4.78 is 4.90. The van der Waals surface area contributed by atoms with Gasteiger partial charge in [-0.1, -0.05) is 12.1 Å². The first kappa shape index (κ1) is 11.0. The van der Waals surface area contributed by atoms with Gasteiger partial charge in [0.05, 0.1) is 5.56 Å². The van der Waals surface area contributed by atoms with Gasteiger partial charge in [0.25, 0.3) is 5.91 Å². The molecule has 0 radical (unpaired) electrons. The molecule has 4 heteroatoms. The van der Waals surface area contributed by atoms with Gasteiger partial charge in [-0.05, 0) is 26.0 Å². The molecule has 1 aromatic carbocycles. The molecule has 0 heterocycles. The van der Waals surface area contributed by atoms with Gasteiger partial charge in [-0.15, -0.1) is 0 Å². The van der Waals surface area contributed by atoms with Gasteiger partial charge in [0, 0.05) is 6.04 Å². The van der Waals surface area contributed by atoms with E-state index in [0.29, 0.717) is 11.3 Å². The van der Waals surface area contributed by atoms with Crippen molar-refractivity contribution in [2.24, 2.45) is 0 Å². The van der Waals surface area contributed by atoms with Crippen molar-refractivity contribution in [1.82, 2.24) is 5.32 Å². The Kier molecular flexibility index (Phi) is 3.95. The number of amides is 1. The summed E-state index contributed by atoms with van der Waals surface area (Å²) in [6, 6.07) is 7.16. The van der Waals surface area contributed by atoms with Gasteiger partial charge in [-0.2, -0.15) is 0 Å². The lowest BCUT2D eigenvalue weighted by Gasteiger charge is -2.09. The number of nitrogens with one attached hydrogen (secondary N) is 1. The van der Waals surface area contributed by atoms with Crippen LogP contribution in [0.2, 0.25) is 0 Å². The highest BCUT2D eigenvalue weighted by molar-refractivity contribution is 9.06. The van der Waals surface area contributed by atoms with Crippen LogP contribution in [0.15, 0.2) is 24.3 Å². The maximum absolute atomic E-state index is 11.6. The van der Waals surface area contributed by atoms with E-state index < -0.39 is 0 Å². The number of para-hydroxylation sites is 1. The molecule has 0 fully saturated rings. The minimum Gasteiger partial charge on any atom is -0.417 e. The molecule has 3 nitrogen and oxygen atoms in total. The Morgan fingerprint density at radius 3 is 2.64 bits per heavy atom. The van der Waals surface area contributed by atoms with Gasteiger partial charge in [-0.3, -0.25) is 4.79 Å². The van der Waals surface area contributed by atoms with E-state index in [9.17, 15) is 4.79 Å². The number of benzene rings is 1. The highest BCUT2D eigenvalue weighted by Gasteiger charge is 2.11. The van der Waals surface area contributed by atoms with E-state index in [-0.39, 0.29) is 11.9 Å². The number of carbonyl (C=O) groups excluding carboxylic acids is 1. The molecule has 0 bridgehead atoms. The lowest BCUT2D eigenvalue weighted by molar-refractivity contribution is 0.0942. The van der Waals surface area contributed by atoms with Crippen molar-refractivity contribution in [3.63, 3.8) is 0 Å². The molecule has 1 rings (SSSR count). The van der Waals surface area contributed by atoms with Crippen LogP contribution in [0.3, 0.4) is 0 Å². The molecule has 0 aliphatic carbocycles. The lowest BCUT2D eigenvalue weighted by Crippen LogP contribution is -2.30. The average molecular weight is 258 g/mol. The van der Waals surface area contributed by atoms with Crippen molar-refractivity contribution >= 4 is 22.2 Å². The van der Waals surface area contributed by atoms with Crippen LogP contribution in [0.1, 0.15) is 24.2 Å². The van der Waals surface area contributed by atoms with Crippen molar-refractivity contribution in [2.75, 3.05) is 0 Å². The molecule has 0 saturated heterocycles. The first-order valence-corrected chi connectivity index (χ1v) is 4.98. The van der Waals surface area contributed by atoms with Crippen molar-refractivity contribution in [2.45, 2.75) is 19.9 Å². The standard InChI is InChI=1S/C10H12BrNO2/c1-7(2)12-10(13)8-5-3-4-6-9(8)14-11/h3-7H,1-2H3,(H,12,13). The van der Waals surface area contributed by atoms with E-state index in [2.05, 4.69) is 21.6 Å². The smallest absolute Gasteiger partial charge is 0.255 e. The molecular formula is C10H12BrNO2. The summed E-state index contributed by atoms with van der Waals surface area (Å²) in [6.07, 6.45) is 0. The van der Waals surface area contributed by atoms with Gasteiger partial charge < -0.3 is 9.15 Å². The summed E-state index contributed by atoms with van der Waals surface area (Å²) in [6.45, 7) is 3.82. The van der Waals surface area contributed by atoms with Crippen LogP contribution in [0.4, 0.5) is 0 Å². The first-order chi connectivity index (χ1) is 6.65. The Bertz CT molecular complexity index is 326. The maximum Gasteiger partial charge on any atom is 0.255 e. The van der Waals surface area contributed by atoms with Crippen molar-refractivity contribution in [3.8, 4) is 5.75 Å². The fourth-order valence-corrected chi connectivity index (χ4v) is 1.34. The summed E-state index contributed by atoms with van der Waals surface area (Å²) in [7, 11) is 0. The number of carbonyl (C=O) groups is 1. The Morgan fingerprint density at radius 1 is 1.43 bits per heavy atom. The summed E-state index contributed by atoms with van der Waals surface area (Å²) in [5.41, 5.74) is 0.526. The third kappa shape index (κ3) is 2.73. The fourth-order valence-electron chi connectivity index (χ4n) is 1.06. The zero-order valence-corrected chi connectivity index (χ0v) is 9.67. The predicted octanol–water partition coefficient (Wildman–Crippen LogP) is 2.51. The van der Waals surface area contributed by atoms with E-state index in [4.69, 9.17) is 3.83 Å². The summed E-state index contributed by atoms with van der Waals surface area (Å²) in [4.78, 5) is 11.6. The molecule has 0 spiro atoms.